The molecular weight excluding hydrogens is 252 g/mol. The van der Waals surface area contributed by atoms with E-state index in [1.165, 1.54) is 18.2 Å². The van der Waals surface area contributed by atoms with E-state index in [0.717, 1.165) is 0 Å². The van der Waals surface area contributed by atoms with Crippen molar-refractivity contribution in [2.24, 2.45) is 5.16 Å². The number of carbonyl (C=O) groups is 2. The van der Waals surface area contributed by atoms with Crippen LogP contribution in [0.3, 0.4) is 0 Å². The molecule has 0 fully saturated rings. The van der Waals surface area contributed by atoms with Gasteiger partial charge in [-0.1, -0.05) is 23.4 Å². The van der Waals surface area contributed by atoms with Crippen LogP contribution in [0.25, 0.3) is 0 Å². The number of carbonyl (C=O) groups excluding carboxylic acids is 2. The number of hydrogen-bond donors (Lipinski definition) is 0. The van der Waals surface area contributed by atoms with E-state index in [4.69, 9.17) is 10.00 Å². The van der Waals surface area contributed by atoms with Crippen LogP contribution in [-0.4, -0.2) is 24.4 Å². The molecule has 0 bridgehead atoms. The topological polar surface area (TPSA) is 98.0 Å². The maximum atomic E-state index is 11.2. The smallest absolute Gasteiger partial charge is 0.461 e. The highest BCUT2D eigenvalue weighted by Crippen LogP contribution is 2.09. The number of benzene rings is 1. The zero-order chi connectivity index (χ0) is 14.1. The number of hydrogen-bond acceptors (Lipinski definition) is 7. The third-order valence-corrected chi connectivity index (χ3v) is 1.73. The highest BCUT2D eigenvalue weighted by atomic mass is 16.8. The third-order valence-electron chi connectivity index (χ3n) is 1.73. The van der Waals surface area contributed by atoms with E-state index in [-0.39, 0.29) is 12.4 Å². The van der Waals surface area contributed by atoms with Crippen molar-refractivity contribution < 1.29 is 23.9 Å². The van der Waals surface area contributed by atoms with Gasteiger partial charge in [0.1, 0.15) is 11.8 Å². The first-order chi connectivity index (χ1) is 9.17. The Kier molecular flexibility index (Phi) is 5.56. The van der Waals surface area contributed by atoms with Gasteiger partial charge < -0.3 is 9.47 Å². The minimum absolute atomic E-state index is 0.0774. The molecule has 0 N–H and O–H groups in total. The van der Waals surface area contributed by atoms with Gasteiger partial charge in [0.25, 0.3) is 5.71 Å². The summed E-state index contributed by atoms with van der Waals surface area (Å²) in [5, 5.41) is 11.7. The Labute approximate surface area is 109 Å². The van der Waals surface area contributed by atoms with Gasteiger partial charge in [0.05, 0.1) is 6.61 Å². The highest BCUT2D eigenvalue weighted by molar-refractivity contribution is 6.42. The molecule has 98 valence electrons. The molecule has 0 unspecified atom stereocenters. The molecule has 0 atom stereocenters. The zero-order valence-electron chi connectivity index (χ0n) is 10.0. The maximum Gasteiger partial charge on any atom is 0.540 e. The molecule has 1 aromatic carbocycles. The first-order valence-electron chi connectivity index (χ1n) is 5.26. The van der Waals surface area contributed by atoms with Crippen LogP contribution in [-0.2, 0) is 14.4 Å². The Morgan fingerprint density at radius 3 is 2.58 bits per heavy atom. The summed E-state index contributed by atoms with van der Waals surface area (Å²) in [6, 6.07) is 9.56. The first-order valence-corrected chi connectivity index (χ1v) is 5.26. The monoisotopic (exact) mass is 262 g/mol. The summed E-state index contributed by atoms with van der Waals surface area (Å²) in [6.07, 6.45) is -1.16. The fourth-order valence-electron chi connectivity index (χ4n) is 0.989. The van der Waals surface area contributed by atoms with Crippen LogP contribution in [0.1, 0.15) is 6.92 Å². The standard InChI is InChI=1S/C12H10N2O5/c1-2-17-11(15)10(8-13)14-19-12(16)18-9-6-4-3-5-7-9/h3-7H,2H2,1H3/b14-10-. The Balaban J connectivity index is 2.57. The van der Waals surface area contributed by atoms with E-state index >= 15 is 0 Å². The molecule has 0 aromatic heterocycles. The lowest BCUT2D eigenvalue weighted by atomic mass is 10.3. The number of para-hydroxylation sites is 1. The molecule has 0 spiro atoms. The van der Waals surface area contributed by atoms with Crippen molar-refractivity contribution in [2.75, 3.05) is 6.61 Å². The van der Waals surface area contributed by atoms with Crippen LogP contribution in [0.5, 0.6) is 5.75 Å². The lowest BCUT2D eigenvalue weighted by Gasteiger charge is -2.01. The quantitative estimate of drug-likeness (QED) is 0.269. The Morgan fingerprint density at radius 1 is 1.32 bits per heavy atom. The van der Waals surface area contributed by atoms with Crippen molar-refractivity contribution in [1.82, 2.24) is 0 Å². The Bertz CT molecular complexity index is 519. The summed E-state index contributed by atoms with van der Waals surface area (Å²) in [5.41, 5.74) is -0.674. The van der Waals surface area contributed by atoms with Crippen molar-refractivity contribution >= 4 is 17.8 Å². The molecule has 19 heavy (non-hydrogen) atoms. The van der Waals surface area contributed by atoms with Gasteiger partial charge in [-0.15, -0.1) is 0 Å². The number of nitrogens with zero attached hydrogens (tertiary/aromatic N) is 2. The van der Waals surface area contributed by atoms with Crippen molar-refractivity contribution in [3.05, 3.63) is 30.3 Å². The highest BCUT2D eigenvalue weighted by Gasteiger charge is 2.14. The third kappa shape index (κ3) is 4.87. The fraction of sp³-hybridized carbons (Fsp3) is 0.167. The van der Waals surface area contributed by atoms with Gasteiger partial charge in [0.15, 0.2) is 0 Å². The second-order valence-electron chi connectivity index (χ2n) is 3.03. The second kappa shape index (κ2) is 7.45. The van der Waals surface area contributed by atoms with Crippen molar-refractivity contribution in [1.29, 1.82) is 5.26 Å². The normalized spacial score (nSPS) is 10.2. The van der Waals surface area contributed by atoms with E-state index < -0.39 is 17.8 Å². The van der Waals surface area contributed by atoms with Gasteiger partial charge >= 0.3 is 12.1 Å². The van der Waals surface area contributed by atoms with E-state index in [1.54, 1.807) is 25.1 Å². The Hall–Kier alpha value is -2.88. The molecule has 0 aliphatic carbocycles. The predicted octanol–water partition coefficient (Wildman–Crippen LogP) is 1.64. The molecule has 0 saturated heterocycles. The fourth-order valence-corrected chi connectivity index (χ4v) is 0.989. The number of rotatable bonds is 4. The summed E-state index contributed by atoms with van der Waals surface area (Å²) >= 11 is 0. The molecule has 0 amide bonds. The minimum Gasteiger partial charge on any atom is -0.461 e. The largest absolute Gasteiger partial charge is 0.540 e. The van der Waals surface area contributed by atoms with E-state index in [0.29, 0.717) is 0 Å². The molecule has 7 nitrogen and oxygen atoms in total. The molecule has 0 heterocycles. The van der Waals surface area contributed by atoms with E-state index in [1.807, 2.05) is 0 Å². The molecular formula is C12H10N2O5. The second-order valence-corrected chi connectivity index (χ2v) is 3.03. The number of ether oxygens (including phenoxy) is 2. The van der Waals surface area contributed by atoms with Crippen LogP contribution >= 0.6 is 0 Å². The van der Waals surface area contributed by atoms with Crippen molar-refractivity contribution in [3.63, 3.8) is 0 Å². The van der Waals surface area contributed by atoms with E-state index in [2.05, 4.69) is 14.7 Å². The summed E-state index contributed by atoms with van der Waals surface area (Å²) in [7, 11) is 0. The van der Waals surface area contributed by atoms with Gasteiger partial charge in [-0.2, -0.15) is 5.26 Å². The van der Waals surface area contributed by atoms with Gasteiger partial charge in [0.2, 0.25) is 0 Å². The first kappa shape index (κ1) is 14.2. The number of oxime groups is 1. The van der Waals surface area contributed by atoms with Crippen LogP contribution in [0.2, 0.25) is 0 Å². The molecule has 0 radical (unpaired) electrons. The molecule has 7 heteroatoms. The van der Waals surface area contributed by atoms with Gasteiger partial charge in [0, 0.05) is 0 Å². The summed E-state index contributed by atoms with van der Waals surface area (Å²) in [5.74, 6) is -0.727. The van der Waals surface area contributed by atoms with Crippen LogP contribution in [0, 0.1) is 11.3 Å². The average molecular weight is 262 g/mol. The summed E-state index contributed by atoms with van der Waals surface area (Å²) < 4.78 is 9.24. The molecule has 0 aliphatic rings. The predicted molar refractivity (Wildman–Crippen MR) is 63.2 cm³/mol. The maximum absolute atomic E-state index is 11.2. The molecule has 0 saturated carbocycles. The van der Waals surface area contributed by atoms with Gasteiger partial charge in [-0.3, -0.25) is 4.84 Å². The SMILES string of the molecule is CCOC(=O)/C(C#N)=N\OC(=O)Oc1ccccc1. The minimum atomic E-state index is -1.16. The summed E-state index contributed by atoms with van der Waals surface area (Å²) in [4.78, 5) is 26.6. The Morgan fingerprint density at radius 2 is 2.00 bits per heavy atom. The van der Waals surface area contributed by atoms with Gasteiger partial charge in [-0.25, -0.2) is 9.59 Å². The van der Waals surface area contributed by atoms with Crippen molar-refractivity contribution in [2.45, 2.75) is 6.92 Å². The number of esters is 1. The lowest BCUT2D eigenvalue weighted by molar-refractivity contribution is -0.135. The number of nitriles is 1. The molecule has 1 rings (SSSR count). The van der Waals surface area contributed by atoms with Crippen molar-refractivity contribution in [3.8, 4) is 11.8 Å². The summed E-state index contributed by atoms with van der Waals surface area (Å²) in [6.45, 7) is 1.64. The zero-order valence-corrected chi connectivity index (χ0v) is 10.0. The van der Waals surface area contributed by atoms with Crippen LogP contribution < -0.4 is 4.74 Å². The molecule has 0 aliphatic heterocycles. The van der Waals surface area contributed by atoms with E-state index in [9.17, 15) is 9.59 Å². The van der Waals surface area contributed by atoms with Gasteiger partial charge in [-0.05, 0) is 19.1 Å². The average Bonchev–Trinajstić information content (AvgIpc) is 2.41. The molecule has 1 aromatic rings. The van der Waals surface area contributed by atoms with Crippen LogP contribution in [0.15, 0.2) is 35.5 Å². The van der Waals surface area contributed by atoms with Crippen LogP contribution in [0.4, 0.5) is 4.79 Å². The lowest BCUT2D eigenvalue weighted by Crippen LogP contribution is -2.17.